The highest BCUT2D eigenvalue weighted by atomic mass is 16.5. The molecule has 2 rings (SSSR count). The predicted octanol–water partition coefficient (Wildman–Crippen LogP) is 1.23. The van der Waals surface area contributed by atoms with Crippen molar-refractivity contribution < 1.29 is 4.74 Å². The summed E-state index contributed by atoms with van der Waals surface area (Å²) in [6.45, 7) is 3.30. The third-order valence-electron chi connectivity index (χ3n) is 2.50. The van der Waals surface area contributed by atoms with Crippen LogP contribution in [0, 0.1) is 0 Å². The summed E-state index contributed by atoms with van der Waals surface area (Å²) in [4.78, 5) is 15.3. The quantitative estimate of drug-likeness (QED) is 0.693. The zero-order chi connectivity index (χ0) is 13.5. The summed E-state index contributed by atoms with van der Waals surface area (Å²) in [5, 5.41) is 3.15. The monoisotopic (exact) mass is 262 g/mol. The number of imidazole rings is 1. The van der Waals surface area contributed by atoms with Crippen LogP contribution in [0.15, 0.2) is 18.7 Å². The van der Waals surface area contributed by atoms with Gasteiger partial charge in [-0.15, -0.1) is 0 Å². The summed E-state index contributed by atoms with van der Waals surface area (Å²) in [6, 6.07) is 0. The molecule has 0 saturated heterocycles. The van der Waals surface area contributed by atoms with Crippen LogP contribution in [0.5, 0.6) is 5.88 Å². The van der Waals surface area contributed by atoms with E-state index in [0.29, 0.717) is 30.5 Å². The van der Waals surface area contributed by atoms with Crippen LogP contribution in [-0.4, -0.2) is 33.1 Å². The van der Waals surface area contributed by atoms with Gasteiger partial charge in [0.25, 0.3) is 0 Å². The Morgan fingerprint density at radius 3 is 3.00 bits per heavy atom. The van der Waals surface area contributed by atoms with Gasteiger partial charge in [-0.3, -0.25) is 0 Å². The van der Waals surface area contributed by atoms with Gasteiger partial charge in [-0.2, -0.15) is 4.98 Å². The van der Waals surface area contributed by atoms with Gasteiger partial charge in [0.1, 0.15) is 17.8 Å². The van der Waals surface area contributed by atoms with E-state index in [1.54, 1.807) is 12.4 Å². The van der Waals surface area contributed by atoms with Crippen LogP contribution in [0.2, 0.25) is 0 Å². The van der Waals surface area contributed by atoms with Crippen molar-refractivity contribution in [2.75, 3.05) is 24.2 Å². The summed E-state index contributed by atoms with van der Waals surface area (Å²) in [5.41, 5.74) is 6.39. The maximum Gasteiger partial charge on any atom is 0.242 e. The molecule has 0 fully saturated rings. The van der Waals surface area contributed by atoms with E-state index in [2.05, 4.69) is 25.3 Å². The molecule has 0 bridgehead atoms. The second-order valence-electron chi connectivity index (χ2n) is 4.00. The normalized spacial score (nSPS) is 10.4. The van der Waals surface area contributed by atoms with E-state index < -0.39 is 0 Å². The molecule has 7 heteroatoms. The van der Waals surface area contributed by atoms with Gasteiger partial charge >= 0.3 is 0 Å². The molecule has 0 aliphatic heterocycles. The lowest BCUT2D eigenvalue weighted by molar-refractivity contribution is 0.306. The Balaban J connectivity index is 1.92. The fourth-order valence-electron chi connectivity index (χ4n) is 1.57. The molecule has 0 aliphatic rings. The van der Waals surface area contributed by atoms with Crippen LogP contribution in [0.1, 0.15) is 19.2 Å². The summed E-state index contributed by atoms with van der Waals surface area (Å²) in [5.74, 6) is 1.94. The third-order valence-corrected chi connectivity index (χ3v) is 2.50. The van der Waals surface area contributed by atoms with Crippen LogP contribution in [0.3, 0.4) is 0 Å². The Bertz CT molecular complexity index is 499. The number of hydrogen-bond acceptors (Lipinski definition) is 6. The Morgan fingerprint density at radius 2 is 2.26 bits per heavy atom. The standard InChI is InChI=1S/C12H18N6O/c1-2-7-19-12-10(13)11(17-8-18-12)16-4-3-9-14-5-6-15-9/h5-6,8H,2-4,7,13H2,1H3,(H,14,15)(H,16,17,18). The highest BCUT2D eigenvalue weighted by molar-refractivity contribution is 5.66. The molecular formula is C12H18N6O. The maximum absolute atomic E-state index is 5.95. The van der Waals surface area contributed by atoms with E-state index in [9.17, 15) is 0 Å². The van der Waals surface area contributed by atoms with Crippen molar-refractivity contribution in [2.24, 2.45) is 0 Å². The average molecular weight is 262 g/mol. The summed E-state index contributed by atoms with van der Waals surface area (Å²) >= 11 is 0. The number of nitrogens with one attached hydrogen (secondary N) is 2. The number of nitrogens with zero attached hydrogens (tertiary/aromatic N) is 3. The second kappa shape index (κ2) is 6.58. The van der Waals surface area contributed by atoms with E-state index in [1.807, 2.05) is 6.92 Å². The van der Waals surface area contributed by atoms with Crippen LogP contribution in [0.25, 0.3) is 0 Å². The minimum absolute atomic E-state index is 0.428. The number of anilines is 2. The maximum atomic E-state index is 5.95. The Labute approximate surface area is 111 Å². The Hall–Kier alpha value is -2.31. The van der Waals surface area contributed by atoms with Crippen molar-refractivity contribution in [3.63, 3.8) is 0 Å². The highest BCUT2D eigenvalue weighted by Gasteiger charge is 2.08. The van der Waals surface area contributed by atoms with Gasteiger partial charge in [-0.1, -0.05) is 6.92 Å². The molecule has 0 radical (unpaired) electrons. The topological polar surface area (TPSA) is 102 Å². The first-order valence-corrected chi connectivity index (χ1v) is 6.26. The zero-order valence-corrected chi connectivity index (χ0v) is 10.9. The molecule has 102 valence electrons. The van der Waals surface area contributed by atoms with Gasteiger partial charge in [-0.05, 0) is 6.42 Å². The first kappa shape index (κ1) is 13.1. The lowest BCUT2D eigenvalue weighted by atomic mass is 10.4. The molecule has 2 aromatic heterocycles. The molecule has 0 aromatic carbocycles. The number of rotatable bonds is 7. The smallest absolute Gasteiger partial charge is 0.242 e. The van der Waals surface area contributed by atoms with Crippen LogP contribution < -0.4 is 15.8 Å². The number of aromatic amines is 1. The first-order valence-electron chi connectivity index (χ1n) is 6.26. The van der Waals surface area contributed by atoms with Crippen LogP contribution in [-0.2, 0) is 6.42 Å². The molecular weight excluding hydrogens is 244 g/mol. The lowest BCUT2D eigenvalue weighted by Gasteiger charge is -2.10. The van der Waals surface area contributed by atoms with Crippen molar-refractivity contribution in [1.29, 1.82) is 0 Å². The number of nitrogen functional groups attached to an aromatic ring is 1. The van der Waals surface area contributed by atoms with Gasteiger partial charge in [-0.25, -0.2) is 9.97 Å². The highest BCUT2D eigenvalue weighted by Crippen LogP contribution is 2.24. The minimum Gasteiger partial charge on any atom is -0.476 e. The van der Waals surface area contributed by atoms with Crippen molar-refractivity contribution >= 4 is 11.5 Å². The van der Waals surface area contributed by atoms with Gasteiger partial charge in [0.05, 0.1) is 6.61 Å². The number of nitrogens with two attached hydrogens (primary N) is 1. The molecule has 0 spiro atoms. The fourth-order valence-corrected chi connectivity index (χ4v) is 1.57. The van der Waals surface area contributed by atoms with E-state index >= 15 is 0 Å². The van der Waals surface area contributed by atoms with Gasteiger partial charge in [0.2, 0.25) is 5.88 Å². The molecule has 19 heavy (non-hydrogen) atoms. The number of H-pyrrole nitrogens is 1. The van der Waals surface area contributed by atoms with Gasteiger partial charge in [0, 0.05) is 25.4 Å². The largest absolute Gasteiger partial charge is 0.476 e. The SMILES string of the molecule is CCCOc1ncnc(NCCc2ncc[nH]2)c1N. The average Bonchev–Trinajstić information content (AvgIpc) is 2.92. The molecule has 0 saturated carbocycles. The van der Waals surface area contributed by atoms with E-state index in [4.69, 9.17) is 10.5 Å². The van der Waals surface area contributed by atoms with E-state index in [1.165, 1.54) is 6.33 Å². The summed E-state index contributed by atoms with van der Waals surface area (Å²) in [6.07, 6.45) is 6.64. The van der Waals surface area contributed by atoms with Crippen molar-refractivity contribution in [3.05, 3.63) is 24.5 Å². The first-order chi connectivity index (χ1) is 9.31. The van der Waals surface area contributed by atoms with E-state index in [-0.39, 0.29) is 0 Å². The predicted molar refractivity (Wildman–Crippen MR) is 73.0 cm³/mol. The zero-order valence-electron chi connectivity index (χ0n) is 10.9. The fraction of sp³-hybridized carbons (Fsp3) is 0.417. The molecule has 7 nitrogen and oxygen atoms in total. The Morgan fingerprint density at radius 1 is 1.37 bits per heavy atom. The molecule has 2 heterocycles. The Kier molecular flexibility index (Phi) is 4.54. The summed E-state index contributed by atoms with van der Waals surface area (Å²) in [7, 11) is 0. The molecule has 4 N–H and O–H groups in total. The molecule has 2 aromatic rings. The molecule has 0 atom stereocenters. The van der Waals surface area contributed by atoms with Crippen molar-refractivity contribution in [1.82, 2.24) is 19.9 Å². The third kappa shape index (κ3) is 3.57. The molecule has 0 unspecified atom stereocenters. The number of ether oxygens (including phenoxy) is 1. The molecule has 0 amide bonds. The van der Waals surface area contributed by atoms with Crippen LogP contribution >= 0.6 is 0 Å². The van der Waals surface area contributed by atoms with Crippen molar-refractivity contribution in [3.8, 4) is 5.88 Å². The van der Waals surface area contributed by atoms with Crippen LogP contribution in [0.4, 0.5) is 11.5 Å². The second-order valence-corrected chi connectivity index (χ2v) is 4.00. The summed E-state index contributed by atoms with van der Waals surface area (Å²) < 4.78 is 5.44. The van der Waals surface area contributed by atoms with E-state index in [0.717, 1.165) is 18.7 Å². The lowest BCUT2D eigenvalue weighted by Crippen LogP contribution is -2.11. The van der Waals surface area contributed by atoms with Crippen molar-refractivity contribution in [2.45, 2.75) is 19.8 Å². The van der Waals surface area contributed by atoms with Gasteiger partial charge in [0.15, 0.2) is 5.82 Å². The number of aromatic nitrogens is 4. The number of hydrogen-bond donors (Lipinski definition) is 3. The molecule has 0 aliphatic carbocycles. The van der Waals surface area contributed by atoms with Gasteiger partial charge < -0.3 is 20.8 Å². The minimum atomic E-state index is 0.428.